The van der Waals surface area contributed by atoms with Gasteiger partial charge < -0.3 is 0 Å². The highest BCUT2D eigenvalue weighted by atomic mass is 19.2. The fourth-order valence-electron chi connectivity index (χ4n) is 6.71. The van der Waals surface area contributed by atoms with Crippen molar-refractivity contribution in [2.45, 2.75) is 45.9 Å². The van der Waals surface area contributed by atoms with Gasteiger partial charge >= 0.3 is 0 Å². The maximum Gasteiger partial charge on any atom is 0.200 e. The van der Waals surface area contributed by atoms with E-state index in [-0.39, 0.29) is 5.69 Å². The highest BCUT2D eigenvalue weighted by Crippen LogP contribution is 2.37. The molecule has 0 aliphatic rings. The van der Waals surface area contributed by atoms with E-state index in [9.17, 15) is 13.2 Å². The van der Waals surface area contributed by atoms with Crippen LogP contribution in [0.1, 0.15) is 56.4 Å². The second-order valence-electron chi connectivity index (χ2n) is 13.1. The fraction of sp³-hybridized carbons (Fsp3) is 0.189. The third kappa shape index (κ3) is 6.52. The quantitative estimate of drug-likeness (QED) is 0.0480. The molecule has 0 unspecified atom stereocenters. The summed E-state index contributed by atoms with van der Waals surface area (Å²) in [6.45, 7) is 6.58. The smallest absolute Gasteiger partial charge is 0.200 e. The first-order chi connectivity index (χ1) is 25.7. The van der Waals surface area contributed by atoms with Gasteiger partial charge in [-0.25, -0.2) is 65.9 Å². The molecule has 1 aromatic heterocycles. The van der Waals surface area contributed by atoms with Gasteiger partial charge in [0.05, 0.1) is 11.4 Å². The molecule has 5 rings (SSSR count). The fourth-order valence-corrected chi connectivity index (χ4v) is 6.71. The normalized spacial score (nSPS) is 12.4. The molecule has 1 heterocycles. The predicted octanol–water partition coefficient (Wildman–Crippen LogP) is 9.71. The Morgan fingerprint density at radius 2 is 0.800 bits per heavy atom. The van der Waals surface area contributed by atoms with Crippen molar-refractivity contribution < 1.29 is 65.9 Å². The van der Waals surface area contributed by atoms with Crippen LogP contribution in [0.4, 0.5) is 71.5 Å². The maximum absolute atomic E-state index is 16.2. The van der Waals surface area contributed by atoms with Crippen molar-refractivity contribution in [2.24, 2.45) is 4.99 Å². The first-order valence-electron chi connectivity index (χ1n) is 16.1. The average molecular weight is 791 g/mol. The van der Waals surface area contributed by atoms with Crippen LogP contribution in [0.15, 0.2) is 47.6 Å². The maximum atomic E-state index is 16.2. The van der Waals surface area contributed by atoms with Crippen molar-refractivity contribution in [3.05, 3.63) is 147 Å². The van der Waals surface area contributed by atoms with Crippen LogP contribution < -0.4 is 16.4 Å². The van der Waals surface area contributed by atoms with Crippen LogP contribution in [-0.2, 0) is 0 Å². The molecule has 0 saturated carbocycles. The van der Waals surface area contributed by atoms with Crippen LogP contribution in [0.25, 0.3) is 0 Å². The van der Waals surface area contributed by atoms with Crippen LogP contribution in [0.2, 0.25) is 6.32 Å². The van der Waals surface area contributed by atoms with Gasteiger partial charge in [0, 0.05) is 11.9 Å². The number of halogens is 15. The minimum atomic E-state index is -5.92. The molecule has 0 fully saturated rings. The van der Waals surface area contributed by atoms with E-state index in [0.717, 1.165) is 12.3 Å². The molecule has 0 spiro atoms. The average Bonchev–Trinajstić information content (AvgIpc) is 3.16. The summed E-state index contributed by atoms with van der Waals surface area (Å²) in [6, 6.07) is 8.00. The molecule has 18 heteroatoms. The molecule has 0 saturated heterocycles. The number of pyridine rings is 1. The van der Waals surface area contributed by atoms with Gasteiger partial charge in [0.25, 0.3) is 0 Å². The number of hydrogen-bond donors (Lipinski definition) is 0. The Labute approximate surface area is 302 Å². The second-order valence-corrected chi connectivity index (χ2v) is 13.1. The number of aromatic nitrogens is 1. The Morgan fingerprint density at radius 1 is 0.473 bits per heavy atom. The zero-order chi connectivity index (χ0) is 41.0. The highest BCUT2D eigenvalue weighted by Gasteiger charge is 2.49. The molecule has 0 N–H and O–H groups in total. The van der Waals surface area contributed by atoms with E-state index in [0.29, 0.717) is 11.1 Å². The molecule has 55 heavy (non-hydrogen) atoms. The predicted molar refractivity (Wildman–Crippen MR) is 173 cm³/mol. The summed E-state index contributed by atoms with van der Waals surface area (Å²) < 4.78 is 232. The summed E-state index contributed by atoms with van der Waals surface area (Å²) in [5, 5.41) is 0. The van der Waals surface area contributed by atoms with Crippen LogP contribution in [-0.4, -0.2) is 16.8 Å². The van der Waals surface area contributed by atoms with Crippen LogP contribution in [0.5, 0.6) is 0 Å². The van der Waals surface area contributed by atoms with Crippen molar-refractivity contribution in [2.75, 3.05) is 0 Å². The summed E-state index contributed by atoms with van der Waals surface area (Å²) in [5.41, 5.74) is -9.09. The Balaban J connectivity index is 2.20. The minimum absolute atomic E-state index is 0.0786. The van der Waals surface area contributed by atoms with Crippen molar-refractivity contribution in [3.63, 3.8) is 0 Å². The topological polar surface area (TPSA) is 25.2 Å². The Kier molecular flexibility index (Phi) is 11.2. The van der Waals surface area contributed by atoms with E-state index >= 15 is 52.7 Å². The second kappa shape index (κ2) is 15.1. The number of aliphatic imine (C=N–C) groups is 1. The summed E-state index contributed by atoms with van der Waals surface area (Å²) in [7, 11) is 0. The van der Waals surface area contributed by atoms with E-state index in [1.807, 2.05) is 0 Å². The Morgan fingerprint density at radius 3 is 1.09 bits per heavy atom. The van der Waals surface area contributed by atoms with E-state index in [4.69, 9.17) is 0 Å². The van der Waals surface area contributed by atoms with Crippen molar-refractivity contribution in [1.82, 2.24) is 4.98 Å². The standard InChI is InChI=1S/C37H23BF15N2/c1-13(2)15-8-7-9-16(14(3)4)37(15)55-18(17-10-5-6-11-54-17)12-38(19-22(39)28(45)34(51)29(46)23(19)40,20-24(41)30(47)35(52)31(48)25(20)42)21-26(43)32(49)36(53)33(50)27(21)44/h5-11,13-14H,12H2,1-4H3/q-1. The van der Waals surface area contributed by atoms with Gasteiger partial charge in [-0.2, -0.15) is 0 Å². The summed E-state index contributed by atoms with van der Waals surface area (Å²) in [6.07, 6.45) is -7.02. The van der Waals surface area contributed by atoms with Crippen molar-refractivity contribution >= 4 is 33.9 Å². The van der Waals surface area contributed by atoms with E-state index in [1.165, 1.54) is 24.3 Å². The number of nitrogens with zero attached hydrogens (tertiary/aromatic N) is 2. The zero-order valence-corrected chi connectivity index (χ0v) is 28.5. The molecule has 4 aromatic carbocycles. The Hall–Kier alpha value is -5.29. The zero-order valence-electron chi connectivity index (χ0n) is 28.5. The molecule has 0 bridgehead atoms. The van der Waals surface area contributed by atoms with Crippen molar-refractivity contribution in [3.8, 4) is 0 Å². The lowest BCUT2D eigenvalue weighted by molar-refractivity contribution is 0.379. The molecule has 0 aliphatic heterocycles. The van der Waals surface area contributed by atoms with Gasteiger partial charge in [0.15, 0.2) is 52.4 Å². The Bertz CT molecular complexity index is 2100. The summed E-state index contributed by atoms with van der Waals surface area (Å²) in [4.78, 5) is 8.41. The summed E-state index contributed by atoms with van der Waals surface area (Å²) >= 11 is 0. The first-order valence-corrected chi connectivity index (χ1v) is 16.1. The van der Waals surface area contributed by atoms with Crippen LogP contribution >= 0.6 is 0 Å². The largest absolute Gasteiger partial charge is 0.255 e. The van der Waals surface area contributed by atoms with Gasteiger partial charge in [0.2, 0.25) is 0 Å². The molecular weight excluding hydrogens is 768 g/mol. The van der Waals surface area contributed by atoms with E-state index in [1.54, 1.807) is 33.8 Å². The third-order valence-electron chi connectivity index (χ3n) is 9.26. The molecule has 0 amide bonds. The first kappa shape index (κ1) is 40.9. The SMILES string of the molecule is CC(C)c1cccc(C(C)C)c1N=C(C[B-](c1c(F)c(F)c(F)c(F)c1F)(c1c(F)c(F)c(F)c(F)c1F)c1c(F)c(F)c(F)c(F)c1F)c1ccccn1. The number of para-hydroxylation sites is 1. The van der Waals surface area contributed by atoms with Gasteiger partial charge in [-0.3, -0.25) is 9.98 Å². The molecule has 5 aromatic rings. The van der Waals surface area contributed by atoms with E-state index < -0.39 is 139 Å². The van der Waals surface area contributed by atoms with Crippen LogP contribution in [0.3, 0.4) is 0 Å². The van der Waals surface area contributed by atoms with Crippen LogP contribution in [0, 0.1) is 87.3 Å². The molecule has 0 radical (unpaired) electrons. The number of rotatable bonds is 9. The van der Waals surface area contributed by atoms with Gasteiger partial charge in [0.1, 0.15) is 41.0 Å². The molecular formula is C37H23BF15N2-. The molecule has 290 valence electrons. The summed E-state index contributed by atoms with van der Waals surface area (Å²) in [5.74, 6) is -46.9. The lowest BCUT2D eigenvalue weighted by Crippen LogP contribution is -2.74. The molecule has 0 aliphatic carbocycles. The van der Waals surface area contributed by atoms with Gasteiger partial charge in [-0.05, 0) is 35.1 Å². The lowest BCUT2D eigenvalue weighted by Gasteiger charge is -2.44. The molecule has 2 nitrogen and oxygen atoms in total. The lowest BCUT2D eigenvalue weighted by atomic mass is 9.13. The van der Waals surface area contributed by atoms with E-state index in [2.05, 4.69) is 9.98 Å². The minimum Gasteiger partial charge on any atom is -0.255 e. The monoisotopic (exact) mass is 791 g/mol. The number of hydrogen-bond acceptors (Lipinski definition) is 2. The van der Waals surface area contributed by atoms with Crippen molar-refractivity contribution in [1.29, 1.82) is 0 Å². The third-order valence-corrected chi connectivity index (χ3v) is 9.26. The van der Waals surface area contributed by atoms with Gasteiger partial charge in [-0.15, -0.1) is 22.7 Å². The molecule has 0 atom stereocenters. The number of benzene rings is 4. The highest BCUT2D eigenvalue weighted by molar-refractivity contribution is 7.13. The van der Waals surface area contributed by atoms with Gasteiger partial charge in [-0.1, -0.05) is 52.0 Å².